The first-order valence-electron chi connectivity index (χ1n) is 10.4. The lowest BCUT2D eigenvalue weighted by Gasteiger charge is -2.11. The van der Waals surface area contributed by atoms with Crippen molar-refractivity contribution in [2.75, 3.05) is 12.4 Å². The maximum atomic E-state index is 13.1. The SMILES string of the molecule is CNc1ccc(C(=O)c2ccccc2C(=O)NNC(=O)c2ccc(-n3cnnn3)cc2)cc1[N+](=O)[O-]. The van der Waals surface area contributed by atoms with Gasteiger partial charge in [0.1, 0.15) is 12.0 Å². The molecule has 2 amide bonds. The van der Waals surface area contributed by atoms with Crippen LogP contribution in [-0.4, -0.2) is 49.8 Å². The fourth-order valence-corrected chi connectivity index (χ4v) is 3.37. The largest absolute Gasteiger partial charge is 0.383 e. The Hall–Kier alpha value is -5.46. The number of anilines is 1. The highest BCUT2D eigenvalue weighted by molar-refractivity contribution is 6.16. The molecule has 0 aliphatic heterocycles. The van der Waals surface area contributed by atoms with Gasteiger partial charge in [-0.1, -0.05) is 18.2 Å². The number of benzene rings is 3. The zero-order valence-corrected chi connectivity index (χ0v) is 18.7. The summed E-state index contributed by atoms with van der Waals surface area (Å²) in [7, 11) is 1.53. The number of nitro groups is 1. The van der Waals surface area contributed by atoms with Crippen LogP contribution in [0, 0.1) is 10.1 Å². The van der Waals surface area contributed by atoms with Gasteiger partial charge in [0.05, 0.1) is 16.2 Å². The van der Waals surface area contributed by atoms with E-state index < -0.39 is 22.5 Å². The van der Waals surface area contributed by atoms with Crippen LogP contribution in [0.1, 0.15) is 36.6 Å². The van der Waals surface area contributed by atoms with Gasteiger partial charge in [-0.25, -0.2) is 4.68 Å². The van der Waals surface area contributed by atoms with Crippen molar-refractivity contribution in [1.29, 1.82) is 0 Å². The zero-order chi connectivity index (χ0) is 25.7. The number of aromatic nitrogens is 4. The van der Waals surface area contributed by atoms with Crippen LogP contribution in [0.15, 0.2) is 73.1 Å². The lowest BCUT2D eigenvalue weighted by molar-refractivity contribution is -0.384. The number of nitrogens with one attached hydrogen (secondary N) is 3. The van der Waals surface area contributed by atoms with Gasteiger partial charge in [0.15, 0.2) is 5.78 Å². The Labute approximate surface area is 203 Å². The Balaban J connectivity index is 1.49. The molecular formula is C23H18N8O5. The first-order valence-corrected chi connectivity index (χ1v) is 10.4. The van der Waals surface area contributed by atoms with Gasteiger partial charge in [-0.2, -0.15) is 0 Å². The smallest absolute Gasteiger partial charge is 0.293 e. The van der Waals surface area contributed by atoms with E-state index in [2.05, 4.69) is 31.7 Å². The van der Waals surface area contributed by atoms with Crippen LogP contribution in [0.5, 0.6) is 0 Å². The number of hydrogen-bond acceptors (Lipinski definition) is 9. The van der Waals surface area contributed by atoms with Crippen LogP contribution in [0.25, 0.3) is 5.69 Å². The third-order valence-corrected chi connectivity index (χ3v) is 5.17. The third-order valence-electron chi connectivity index (χ3n) is 5.17. The van der Waals surface area contributed by atoms with Crippen molar-refractivity contribution in [2.45, 2.75) is 0 Å². The third kappa shape index (κ3) is 4.89. The van der Waals surface area contributed by atoms with E-state index in [0.717, 1.165) is 6.07 Å². The molecule has 0 bridgehead atoms. The maximum Gasteiger partial charge on any atom is 0.293 e. The molecular weight excluding hydrogens is 468 g/mol. The summed E-state index contributed by atoms with van der Waals surface area (Å²) in [4.78, 5) is 49.1. The first-order chi connectivity index (χ1) is 17.4. The molecule has 0 aliphatic rings. The molecule has 1 heterocycles. The average molecular weight is 486 g/mol. The summed E-state index contributed by atoms with van der Waals surface area (Å²) in [6.07, 6.45) is 1.40. The van der Waals surface area contributed by atoms with Crippen LogP contribution in [0.2, 0.25) is 0 Å². The predicted molar refractivity (Wildman–Crippen MR) is 127 cm³/mol. The summed E-state index contributed by atoms with van der Waals surface area (Å²) in [5, 5.41) is 24.9. The van der Waals surface area contributed by atoms with E-state index in [4.69, 9.17) is 0 Å². The van der Waals surface area contributed by atoms with E-state index in [1.54, 1.807) is 24.3 Å². The van der Waals surface area contributed by atoms with Crippen LogP contribution < -0.4 is 16.2 Å². The minimum atomic E-state index is -0.737. The summed E-state index contributed by atoms with van der Waals surface area (Å²) in [6.45, 7) is 0. The fourth-order valence-electron chi connectivity index (χ4n) is 3.37. The van der Waals surface area contributed by atoms with Crippen molar-refractivity contribution >= 4 is 29.0 Å². The second-order valence-electron chi connectivity index (χ2n) is 7.32. The highest BCUT2D eigenvalue weighted by Gasteiger charge is 2.22. The zero-order valence-electron chi connectivity index (χ0n) is 18.7. The van der Waals surface area contributed by atoms with Gasteiger partial charge >= 0.3 is 0 Å². The molecule has 1 aromatic heterocycles. The number of rotatable bonds is 7. The number of nitro benzene ring substituents is 1. The van der Waals surface area contributed by atoms with Gasteiger partial charge in [0.25, 0.3) is 17.5 Å². The second-order valence-corrected chi connectivity index (χ2v) is 7.32. The summed E-state index contributed by atoms with van der Waals surface area (Å²) < 4.78 is 1.42. The Kier molecular flexibility index (Phi) is 6.72. The van der Waals surface area contributed by atoms with E-state index in [1.807, 2.05) is 0 Å². The molecule has 0 fully saturated rings. The number of amides is 2. The molecule has 0 spiro atoms. The number of carbonyl (C=O) groups is 3. The molecule has 36 heavy (non-hydrogen) atoms. The summed E-state index contributed by atoms with van der Waals surface area (Å²) in [5.74, 6) is -1.91. The summed E-state index contributed by atoms with van der Waals surface area (Å²) in [6, 6.07) is 16.2. The quantitative estimate of drug-likeness (QED) is 0.200. The summed E-state index contributed by atoms with van der Waals surface area (Å²) >= 11 is 0. The molecule has 0 aliphatic carbocycles. The van der Waals surface area contributed by atoms with E-state index in [1.165, 1.54) is 54.5 Å². The number of ketones is 1. The number of hydrazine groups is 1. The van der Waals surface area contributed by atoms with Crippen LogP contribution in [0.4, 0.5) is 11.4 Å². The molecule has 0 unspecified atom stereocenters. The number of tetrazole rings is 1. The van der Waals surface area contributed by atoms with Gasteiger partial charge in [-0.15, -0.1) is 5.10 Å². The Morgan fingerprint density at radius 3 is 2.19 bits per heavy atom. The van der Waals surface area contributed by atoms with Crippen LogP contribution >= 0.6 is 0 Å². The van der Waals surface area contributed by atoms with Crippen LogP contribution in [0.3, 0.4) is 0 Å². The van der Waals surface area contributed by atoms with Gasteiger partial charge < -0.3 is 5.32 Å². The Bertz CT molecular complexity index is 1450. The van der Waals surface area contributed by atoms with E-state index >= 15 is 0 Å². The number of nitrogens with zero attached hydrogens (tertiary/aromatic N) is 5. The molecule has 13 heteroatoms. The first kappa shape index (κ1) is 23.7. The van der Waals surface area contributed by atoms with E-state index in [9.17, 15) is 24.5 Å². The molecule has 0 radical (unpaired) electrons. The molecule has 4 rings (SSSR count). The average Bonchev–Trinajstić information content (AvgIpc) is 3.46. The van der Waals surface area contributed by atoms with Gasteiger partial charge in [-0.05, 0) is 52.9 Å². The number of hydrogen-bond donors (Lipinski definition) is 3. The van der Waals surface area contributed by atoms with Crippen molar-refractivity contribution < 1.29 is 19.3 Å². The fraction of sp³-hybridized carbons (Fsp3) is 0.0435. The maximum absolute atomic E-state index is 13.1. The molecule has 13 nitrogen and oxygen atoms in total. The molecule has 0 atom stereocenters. The highest BCUT2D eigenvalue weighted by Crippen LogP contribution is 2.26. The second kappa shape index (κ2) is 10.2. The monoisotopic (exact) mass is 486 g/mol. The highest BCUT2D eigenvalue weighted by atomic mass is 16.6. The van der Waals surface area contributed by atoms with Gasteiger partial charge in [0, 0.05) is 29.8 Å². The van der Waals surface area contributed by atoms with E-state index in [0.29, 0.717) is 5.69 Å². The Morgan fingerprint density at radius 2 is 1.56 bits per heavy atom. The standard InChI is InChI=1S/C23H18N8O5/c1-24-19-11-8-15(12-20(19)31(35)36)21(32)17-4-2-3-5-18(17)23(34)27-26-22(33)14-6-9-16(10-7-14)30-13-25-28-29-30/h2-13,24H,1H3,(H,26,33)(H,27,34). The lowest BCUT2D eigenvalue weighted by atomic mass is 9.97. The minimum Gasteiger partial charge on any atom is -0.383 e. The predicted octanol–water partition coefficient (Wildman–Crippen LogP) is 1.92. The molecule has 4 aromatic rings. The van der Waals surface area contributed by atoms with Gasteiger partial charge in [0.2, 0.25) is 0 Å². The molecule has 3 aromatic carbocycles. The molecule has 0 saturated carbocycles. The van der Waals surface area contributed by atoms with Crippen molar-refractivity contribution in [2.24, 2.45) is 0 Å². The number of carbonyl (C=O) groups excluding carboxylic acids is 3. The molecule has 3 N–H and O–H groups in total. The van der Waals surface area contributed by atoms with Crippen LogP contribution in [-0.2, 0) is 0 Å². The summed E-state index contributed by atoms with van der Waals surface area (Å²) in [5.41, 5.74) is 5.49. The Morgan fingerprint density at radius 1 is 0.889 bits per heavy atom. The van der Waals surface area contributed by atoms with Crippen molar-refractivity contribution in [3.63, 3.8) is 0 Å². The lowest BCUT2D eigenvalue weighted by Crippen LogP contribution is -2.42. The molecule has 0 saturated heterocycles. The van der Waals surface area contributed by atoms with Crippen molar-refractivity contribution in [1.82, 2.24) is 31.1 Å². The molecule has 180 valence electrons. The minimum absolute atomic E-state index is 0.0153. The van der Waals surface area contributed by atoms with Gasteiger partial charge in [-0.3, -0.25) is 35.3 Å². The normalized spacial score (nSPS) is 10.4. The van der Waals surface area contributed by atoms with Crippen molar-refractivity contribution in [3.05, 3.63) is 105 Å². The van der Waals surface area contributed by atoms with E-state index in [-0.39, 0.29) is 33.6 Å². The van der Waals surface area contributed by atoms with Crippen molar-refractivity contribution in [3.8, 4) is 5.69 Å². The topological polar surface area (TPSA) is 174 Å².